The van der Waals surface area contributed by atoms with Crippen LogP contribution in [0, 0.1) is 20.8 Å². The Bertz CT molecular complexity index is 947. The van der Waals surface area contributed by atoms with Gasteiger partial charge >= 0.3 is 36.0 Å². The maximum Gasteiger partial charge on any atom is 0.435 e. The summed E-state index contributed by atoms with van der Waals surface area (Å²) in [5.41, 5.74) is -7.93. The summed E-state index contributed by atoms with van der Waals surface area (Å²) in [6.45, 7) is 4.00. The Hall–Kier alpha value is -2.74. The van der Waals surface area contributed by atoms with Gasteiger partial charge in [0.1, 0.15) is 0 Å². The predicted molar refractivity (Wildman–Crippen MR) is 101 cm³/mol. The normalized spacial score (nSPS) is 13.8. The van der Waals surface area contributed by atoms with E-state index in [2.05, 4.69) is 0 Å². The molecule has 0 spiro atoms. The summed E-state index contributed by atoms with van der Waals surface area (Å²) in [7, 11) is 0. The van der Waals surface area contributed by atoms with Crippen LogP contribution in [0.4, 0.5) is 67.2 Å². The lowest BCUT2D eigenvalue weighted by Crippen LogP contribution is -2.50. The van der Waals surface area contributed by atoms with Gasteiger partial charge in [0, 0.05) is 16.8 Å². The van der Waals surface area contributed by atoms with E-state index in [0.29, 0.717) is 29.8 Å². The number of hydrogen-bond donors (Lipinski definition) is 1. The zero-order valence-electron chi connectivity index (χ0n) is 18.3. The molecule has 0 saturated heterocycles. The third kappa shape index (κ3) is 5.64. The van der Waals surface area contributed by atoms with Crippen LogP contribution in [0.1, 0.15) is 27.8 Å². The number of rotatable bonds is 2. The first kappa shape index (κ1) is 31.3. The molecule has 0 saturated carbocycles. The van der Waals surface area contributed by atoms with Gasteiger partial charge in [-0.2, -0.15) is 52.7 Å². The predicted octanol–water partition coefficient (Wildman–Crippen LogP) is 8.46. The van der Waals surface area contributed by atoms with Gasteiger partial charge in [0.2, 0.25) is 0 Å². The van der Waals surface area contributed by atoms with Crippen molar-refractivity contribution in [1.82, 2.24) is 0 Å². The Morgan fingerprint density at radius 3 is 1.03 bits per heavy atom. The van der Waals surface area contributed by atoms with Gasteiger partial charge in [0.25, 0.3) is 0 Å². The van der Waals surface area contributed by atoms with Crippen LogP contribution >= 0.6 is 0 Å². The van der Waals surface area contributed by atoms with Crippen LogP contribution in [-0.2, 0) is 11.3 Å². The molecule has 0 amide bonds. The molecule has 0 fully saturated rings. The molecule has 2 aromatic carbocycles. The fourth-order valence-corrected chi connectivity index (χ4v) is 2.82. The molecule has 2 rings (SSSR count). The smallest absolute Gasteiger partial charge is 0.399 e. The first-order chi connectivity index (χ1) is 15.8. The molecule has 0 aromatic heterocycles. The lowest BCUT2D eigenvalue weighted by atomic mass is 9.91. The Morgan fingerprint density at radius 2 is 0.750 bits per heavy atom. The van der Waals surface area contributed by atoms with Crippen LogP contribution in [0.2, 0.25) is 0 Å². The Morgan fingerprint density at radius 1 is 0.444 bits per heavy atom. The van der Waals surface area contributed by atoms with Gasteiger partial charge in [-0.1, -0.05) is 30.3 Å². The van der Waals surface area contributed by atoms with Crippen molar-refractivity contribution in [2.45, 2.75) is 56.8 Å². The molecule has 0 aliphatic heterocycles. The molecule has 0 aliphatic carbocycles. The molecule has 15 heteroatoms. The number of benzene rings is 2. The molecule has 0 radical (unpaired) electrons. The molecule has 0 aliphatic rings. The number of nitrogen functional groups attached to an aromatic ring is 1. The minimum Gasteiger partial charge on any atom is -0.399 e. The first-order valence-corrected chi connectivity index (χ1v) is 9.41. The zero-order chi connectivity index (χ0) is 28.7. The van der Waals surface area contributed by atoms with Crippen molar-refractivity contribution in [2.75, 3.05) is 5.73 Å². The minimum absolute atomic E-state index is 0.0227. The fraction of sp³-hybridized carbons (Fsp3) is 0.429. The van der Waals surface area contributed by atoms with Crippen molar-refractivity contribution in [3.8, 4) is 0 Å². The summed E-state index contributed by atoms with van der Waals surface area (Å²) in [6, 6.07) is 3.71. The molecule has 2 aromatic rings. The average molecular weight is 549 g/mol. The van der Waals surface area contributed by atoms with E-state index in [0.717, 1.165) is 12.1 Å². The monoisotopic (exact) mass is 549 g/mol. The average Bonchev–Trinajstić information content (AvgIpc) is 2.68. The van der Waals surface area contributed by atoms with Crippen molar-refractivity contribution >= 4 is 5.69 Å². The van der Waals surface area contributed by atoms with Crippen LogP contribution in [0.5, 0.6) is 0 Å². The van der Waals surface area contributed by atoms with E-state index in [-0.39, 0.29) is 16.8 Å². The van der Waals surface area contributed by atoms with Crippen molar-refractivity contribution in [2.24, 2.45) is 0 Å². The van der Waals surface area contributed by atoms with Gasteiger partial charge in [0.15, 0.2) is 0 Å². The van der Waals surface area contributed by atoms with Crippen LogP contribution in [-0.4, -0.2) is 24.7 Å². The first-order valence-electron chi connectivity index (χ1n) is 9.41. The number of nitrogens with two attached hydrogens (primary N) is 1. The third-order valence-corrected chi connectivity index (χ3v) is 5.13. The topological polar surface area (TPSA) is 26.0 Å². The summed E-state index contributed by atoms with van der Waals surface area (Å²) in [6.07, 6.45) is -24.3. The number of anilines is 1. The van der Waals surface area contributed by atoms with Gasteiger partial charge in [-0.05, 0) is 43.5 Å². The lowest BCUT2D eigenvalue weighted by molar-refractivity contribution is -0.349. The maximum absolute atomic E-state index is 13.6. The van der Waals surface area contributed by atoms with Gasteiger partial charge in [-0.25, -0.2) is 8.78 Å². The van der Waals surface area contributed by atoms with E-state index < -0.39 is 47.2 Å². The fourth-order valence-electron chi connectivity index (χ4n) is 2.82. The van der Waals surface area contributed by atoms with Gasteiger partial charge in [0.05, 0.1) is 0 Å². The highest BCUT2D eigenvalue weighted by Crippen LogP contribution is 2.54. The largest absolute Gasteiger partial charge is 0.435 e. The molecule has 0 unspecified atom stereocenters. The van der Waals surface area contributed by atoms with E-state index in [9.17, 15) is 61.5 Å². The van der Waals surface area contributed by atoms with Gasteiger partial charge < -0.3 is 5.73 Å². The Kier molecular flexibility index (Phi) is 8.36. The summed E-state index contributed by atoms with van der Waals surface area (Å²) in [4.78, 5) is 0. The van der Waals surface area contributed by atoms with E-state index in [1.807, 2.05) is 0 Å². The second-order valence-corrected chi connectivity index (χ2v) is 7.68. The van der Waals surface area contributed by atoms with Crippen molar-refractivity contribution in [1.29, 1.82) is 0 Å². The molecule has 0 bridgehead atoms. The van der Waals surface area contributed by atoms with Gasteiger partial charge in [-0.15, -0.1) is 0 Å². The van der Waals surface area contributed by atoms with E-state index in [1.165, 1.54) is 20.8 Å². The molecule has 0 heterocycles. The van der Waals surface area contributed by atoms with Crippen LogP contribution in [0.15, 0.2) is 36.4 Å². The molecule has 0 atom stereocenters. The number of hydrogen-bond acceptors (Lipinski definition) is 1. The second-order valence-electron chi connectivity index (χ2n) is 7.68. The quantitative estimate of drug-likeness (QED) is 0.295. The third-order valence-electron chi connectivity index (χ3n) is 5.13. The molecular weight excluding hydrogens is 532 g/mol. The summed E-state index contributed by atoms with van der Waals surface area (Å²) < 4.78 is 176. The summed E-state index contributed by atoms with van der Waals surface area (Å²) in [5.74, 6) is 0. The van der Waals surface area contributed by atoms with Crippen molar-refractivity contribution in [3.63, 3.8) is 0 Å². The highest BCUT2D eigenvalue weighted by molar-refractivity contribution is 5.49. The maximum atomic E-state index is 13.6. The number of alkyl halides is 14. The molecule has 2 N–H and O–H groups in total. The molecule has 1 nitrogen and oxygen atoms in total. The number of halogens is 14. The standard InChI is InChI=1S/C11H9F7.C10H8F7N/c1-6-3-4-8(5-7(6)2)9(12,10(13,14)15)11(16,17)18;1-5-4-6(2-3-7(5)18)8(11,9(12,13)14)10(15,16)17/h3-5H,1-2H3;2-4H,18H2,1H3. The number of aryl methyl sites for hydroxylation is 3. The second kappa shape index (κ2) is 9.61. The van der Waals surface area contributed by atoms with Crippen LogP contribution < -0.4 is 5.73 Å². The highest BCUT2D eigenvalue weighted by atomic mass is 19.4. The minimum atomic E-state index is -6.10. The van der Waals surface area contributed by atoms with Gasteiger partial charge in [-0.3, -0.25) is 0 Å². The lowest BCUT2D eigenvalue weighted by Gasteiger charge is -2.30. The summed E-state index contributed by atoms with van der Waals surface area (Å²) >= 11 is 0. The zero-order valence-corrected chi connectivity index (χ0v) is 18.3. The van der Waals surface area contributed by atoms with E-state index in [4.69, 9.17) is 5.73 Å². The molecule has 36 heavy (non-hydrogen) atoms. The van der Waals surface area contributed by atoms with Crippen molar-refractivity contribution in [3.05, 3.63) is 64.2 Å². The van der Waals surface area contributed by atoms with E-state index in [1.54, 1.807) is 0 Å². The molecule has 204 valence electrons. The van der Waals surface area contributed by atoms with Crippen LogP contribution in [0.3, 0.4) is 0 Å². The van der Waals surface area contributed by atoms with E-state index >= 15 is 0 Å². The van der Waals surface area contributed by atoms with Crippen molar-refractivity contribution < 1.29 is 61.5 Å². The Balaban J connectivity index is 0.000000360. The Labute approximate surface area is 194 Å². The molecular formula is C21H17F14N. The summed E-state index contributed by atoms with van der Waals surface area (Å²) in [5, 5.41) is 0. The SMILES string of the molecule is Cc1cc(C(F)(C(F)(F)F)C(F)(F)F)ccc1N.Cc1ccc(C(F)(C(F)(F)F)C(F)(F)F)cc1C. The highest BCUT2D eigenvalue weighted by Gasteiger charge is 2.74. The van der Waals surface area contributed by atoms with Crippen LogP contribution in [0.25, 0.3) is 0 Å².